The summed E-state index contributed by atoms with van der Waals surface area (Å²) >= 11 is 1.37. The van der Waals surface area contributed by atoms with E-state index in [-0.39, 0.29) is 5.82 Å². The van der Waals surface area contributed by atoms with Crippen molar-refractivity contribution in [2.75, 3.05) is 0 Å². The lowest BCUT2D eigenvalue weighted by molar-refractivity contribution is -0.145. The maximum Gasteiger partial charge on any atom is 0.322 e. The van der Waals surface area contributed by atoms with Gasteiger partial charge in [0.1, 0.15) is 28.5 Å². The average molecular weight is 373 g/mol. The summed E-state index contributed by atoms with van der Waals surface area (Å²) in [6.07, 6.45) is 1.68. The third-order valence-corrected chi connectivity index (χ3v) is 5.47. The molecule has 1 aliphatic rings. The number of carbonyl (C=O) groups is 1. The number of fused-ring (bicyclic) bond motifs is 1. The molecule has 0 saturated carbocycles. The summed E-state index contributed by atoms with van der Waals surface area (Å²) < 4.78 is 15.8. The van der Waals surface area contributed by atoms with E-state index >= 15 is 0 Å². The smallest absolute Gasteiger partial charge is 0.322 e. The third-order valence-electron chi connectivity index (χ3n) is 4.45. The molecule has 0 aliphatic carbocycles. The molecule has 1 atom stereocenters. The molecular weight excluding hydrogens is 357 g/mol. The fourth-order valence-corrected chi connectivity index (χ4v) is 4.06. The minimum absolute atomic E-state index is 0.308. The van der Waals surface area contributed by atoms with Gasteiger partial charge in [0.25, 0.3) is 0 Å². The van der Waals surface area contributed by atoms with Crippen LogP contribution in [0.15, 0.2) is 30.5 Å². The Bertz CT molecular complexity index is 970. The van der Waals surface area contributed by atoms with Gasteiger partial charge in [-0.1, -0.05) is 12.1 Å². The van der Waals surface area contributed by atoms with Crippen LogP contribution in [0.4, 0.5) is 4.39 Å². The van der Waals surface area contributed by atoms with E-state index in [1.807, 2.05) is 16.4 Å². The molecule has 0 fully saturated rings. The monoisotopic (exact) mass is 373 g/mol. The number of aromatic nitrogens is 4. The molecule has 1 N–H and O–H groups in total. The lowest BCUT2D eigenvalue weighted by Gasteiger charge is -2.32. The number of nitrogens with zero attached hydrogens (tertiary/aromatic N) is 5. The molecule has 26 heavy (non-hydrogen) atoms. The number of benzene rings is 1. The lowest BCUT2D eigenvalue weighted by atomic mass is 10.2. The molecule has 3 aromatic rings. The van der Waals surface area contributed by atoms with Gasteiger partial charge in [-0.25, -0.2) is 9.37 Å². The van der Waals surface area contributed by atoms with E-state index in [4.69, 9.17) is 0 Å². The molecule has 1 unspecified atom stereocenters. The van der Waals surface area contributed by atoms with Gasteiger partial charge in [-0.15, -0.1) is 21.5 Å². The van der Waals surface area contributed by atoms with Crippen LogP contribution in [0.25, 0.3) is 10.6 Å². The molecule has 3 heterocycles. The standard InChI is InChI=1S/C17H16FN5O2S/c1-10-20-21-15-9-22(14(17(24)25)8-23(10)15)7-11-6-19-16(26-11)12-4-2-3-5-13(12)18/h2-6,14H,7-9H2,1H3,(H,24,25). The van der Waals surface area contributed by atoms with E-state index < -0.39 is 12.0 Å². The summed E-state index contributed by atoms with van der Waals surface area (Å²) in [6.45, 7) is 2.93. The van der Waals surface area contributed by atoms with Crippen LogP contribution < -0.4 is 0 Å². The van der Waals surface area contributed by atoms with Crippen molar-refractivity contribution in [3.05, 3.63) is 52.8 Å². The summed E-state index contributed by atoms with van der Waals surface area (Å²) in [4.78, 5) is 18.7. The maximum absolute atomic E-state index is 13.9. The van der Waals surface area contributed by atoms with Gasteiger partial charge in [0, 0.05) is 23.2 Å². The Morgan fingerprint density at radius 2 is 2.19 bits per heavy atom. The first-order valence-electron chi connectivity index (χ1n) is 8.08. The van der Waals surface area contributed by atoms with E-state index in [0.717, 1.165) is 10.7 Å². The number of rotatable bonds is 4. The number of aryl methyl sites for hydroxylation is 1. The zero-order chi connectivity index (χ0) is 18.3. The van der Waals surface area contributed by atoms with Crippen molar-refractivity contribution in [2.45, 2.75) is 32.6 Å². The van der Waals surface area contributed by atoms with Crippen molar-refractivity contribution in [1.29, 1.82) is 0 Å². The summed E-state index contributed by atoms with van der Waals surface area (Å²) in [5.74, 6) is 0.255. The predicted molar refractivity (Wildman–Crippen MR) is 92.9 cm³/mol. The number of hydrogen-bond donors (Lipinski definition) is 1. The van der Waals surface area contributed by atoms with Crippen molar-refractivity contribution < 1.29 is 14.3 Å². The first kappa shape index (κ1) is 16.8. The Hall–Kier alpha value is -2.65. The minimum atomic E-state index is -0.886. The second-order valence-corrected chi connectivity index (χ2v) is 7.26. The van der Waals surface area contributed by atoms with Crippen molar-refractivity contribution in [1.82, 2.24) is 24.6 Å². The second-order valence-electron chi connectivity index (χ2n) is 6.14. The molecule has 0 radical (unpaired) electrons. The Balaban J connectivity index is 1.58. The van der Waals surface area contributed by atoms with E-state index in [1.165, 1.54) is 17.4 Å². The molecule has 0 amide bonds. The number of thiazole rings is 1. The average Bonchev–Trinajstić information content (AvgIpc) is 3.22. The molecular formula is C17H16FN5O2S. The second kappa shape index (κ2) is 6.58. The van der Waals surface area contributed by atoms with Crippen LogP contribution >= 0.6 is 11.3 Å². The fraction of sp³-hybridized carbons (Fsp3) is 0.294. The van der Waals surface area contributed by atoms with E-state index in [2.05, 4.69) is 15.2 Å². The lowest BCUT2D eigenvalue weighted by Crippen LogP contribution is -2.47. The topological polar surface area (TPSA) is 84.1 Å². The number of carboxylic acid groups (broad SMARTS) is 1. The minimum Gasteiger partial charge on any atom is -0.480 e. The van der Waals surface area contributed by atoms with Gasteiger partial charge in [-0.2, -0.15) is 0 Å². The first-order valence-corrected chi connectivity index (χ1v) is 8.89. The van der Waals surface area contributed by atoms with E-state index in [0.29, 0.717) is 36.0 Å². The van der Waals surface area contributed by atoms with Crippen LogP contribution in [0.1, 0.15) is 16.5 Å². The van der Waals surface area contributed by atoms with Crippen molar-refractivity contribution in [2.24, 2.45) is 0 Å². The highest BCUT2D eigenvalue weighted by molar-refractivity contribution is 7.15. The maximum atomic E-state index is 13.9. The number of carboxylic acids is 1. The van der Waals surface area contributed by atoms with Gasteiger partial charge in [0.15, 0.2) is 0 Å². The summed E-state index contributed by atoms with van der Waals surface area (Å²) in [6, 6.07) is 5.81. The highest BCUT2D eigenvalue weighted by Gasteiger charge is 2.33. The van der Waals surface area contributed by atoms with Crippen molar-refractivity contribution in [3.8, 4) is 10.6 Å². The van der Waals surface area contributed by atoms with E-state index in [9.17, 15) is 14.3 Å². The molecule has 2 aromatic heterocycles. The van der Waals surface area contributed by atoms with Crippen LogP contribution in [0.2, 0.25) is 0 Å². The molecule has 1 aromatic carbocycles. The molecule has 4 rings (SSSR count). The van der Waals surface area contributed by atoms with Gasteiger partial charge in [-0.3, -0.25) is 9.69 Å². The van der Waals surface area contributed by atoms with Gasteiger partial charge >= 0.3 is 5.97 Å². The summed E-state index contributed by atoms with van der Waals surface area (Å²) in [7, 11) is 0. The van der Waals surface area contributed by atoms with Gasteiger partial charge < -0.3 is 9.67 Å². The van der Waals surface area contributed by atoms with Gasteiger partial charge in [0.2, 0.25) is 0 Å². The largest absolute Gasteiger partial charge is 0.480 e. The predicted octanol–water partition coefficient (Wildman–Crippen LogP) is 2.32. The first-order chi connectivity index (χ1) is 12.5. The number of hydrogen-bond acceptors (Lipinski definition) is 6. The number of halogens is 1. The molecule has 7 nitrogen and oxygen atoms in total. The molecule has 9 heteroatoms. The Kier molecular flexibility index (Phi) is 4.25. The molecule has 0 spiro atoms. The van der Waals surface area contributed by atoms with Gasteiger partial charge in [-0.05, 0) is 19.1 Å². The molecule has 0 saturated heterocycles. The van der Waals surface area contributed by atoms with Crippen LogP contribution in [0, 0.1) is 12.7 Å². The van der Waals surface area contributed by atoms with E-state index in [1.54, 1.807) is 24.4 Å². The van der Waals surface area contributed by atoms with Crippen LogP contribution in [-0.4, -0.2) is 41.8 Å². The molecule has 134 valence electrons. The van der Waals surface area contributed by atoms with Crippen LogP contribution in [-0.2, 0) is 24.4 Å². The van der Waals surface area contributed by atoms with Crippen LogP contribution in [0.5, 0.6) is 0 Å². The normalized spacial score (nSPS) is 17.2. The quantitative estimate of drug-likeness (QED) is 0.756. The highest BCUT2D eigenvalue weighted by atomic mass is 32.1. The zero-order valence-corrected chi connectivity index (χ0v) is 14.8. The van der Waals surface area contributed by atoms with Crippen molar-refractivity contribution >= 4 is 17.3 Å². The number of aliphatic carboxylic acids is 1. The molecule has 1 aliphatic heterocycles. The summed E-state index contributed by atoms with van der Waals surface area (Å²) in [5.41, 5.74) is 0.451. The highest BCUT2D eigenvalue weighted by Crippen LogP contribution is 2.29. The molecule has 0 bridgehead atoms. The SMILES string of the molecule is Cc1nnc2n1CC(C(=O)O)N(Cc1cnc(-c3ccccc3F)s1)C2. The Morgan fingerprint density at radius 3 is 2.96 bits per heavy atom. The third kappa shape index (κ3) is 2.99. The zero-order valence-electron chi connectivity index (χ0n) is 14.0. The van der Waals surface area contributed by atoms with Crippen molar-refractivity contribution in [3.63, 3.8) is 0 Å². The Labute approximate surface area is 152 Å². The van der Waals surface area contributed by atoms with Crippen LogP contribution in [0.3, 0.4) is 0 Å². The Morgan fingerprint density at radius 1 is 1.38 bits per heavy atom. The fourth-order valence-electron chi connectivity index (χ4n) is 3.10. The van der Waals surface area contributed by atoms with Gasteiger partial charge in [0.05, 0.1) is 13.1 Å². The summed E-state index contributed by atoms with van der Waals surface area (Å²) in [5, 5.41) is 18.3.